The van der Waals surface area contributed by atoms with Gasteiger partial charge in [-0.05, 0) is 57.8 Å². The van der Waals surface area contributed by atoms with Crippen molar-refractivity contribution in [3.05, 3.63) is 60.8 Å². The Labute approximate surface area is 368 Å². The fraction of sp³-hybridized carbons (Fsp3) is 0.780. The van der Waals surface area contributed by atoms with Crippen LogP contribution in [0.4, 0.5) is 0 Å². The maximum Gasteiger partial charge on any atom is 0.472 e. The summed E-state index contributed by atoms with van der Waals surface area (Å²) < 4.78 is 33.4. The van der Waals surface area contributed by atoms with Crippen LogP contribution in [0, 0.1) is 0 Å². The van der Waals surface area contributed by atoms with Crippen molar-refractivity contribution in [1.82, 2.24) is 0 Å². The van der Waals surface area contributed by atoms with Crippen molar-refractivity contribution < 1.29 is 43.0 Å². The summed E-state index contributed by atoms with van der Waals surface area (Å²) in [5, 5.41) is 18.4. The summed E-state index contributed by atoms with van der Waals surface area (Å²) in [5.41, 5.74) is 0. The fourth-order valence-corrected chi connectivity index (χ4v) is 7.35. The molecule has 0 spiro atoms. The van der Waals surface area contributed by atoms with Crippen LogP contribution in [-0.4, -0.2) is 66.3 Å². The van der Waals surface area contributed by atoms with Crippen LogP contribution in [0.1, 0.15) is 206 Å². The first kappa shape index (κ1) is 58.2. The van der Waals surface area contributed by atoms with Gasteiger partial charge in [0.05, 0.1) is 26.4 Å². The van der Waals surface area contributed by atoms with Crippen molar-refractivity contribution in [3.8, 4) is 0 Å². The fourth-order valence-electron chi connectivity index (χ4n) is 6.56. The molecule has 3 unspecified atom stereocenters. The molecule has 10 heteroatoms. The van der Waals surface area contributed by atoms with Crippen molar-refractivity contribution >= 4 is 13.8 Å². The predicted octanol–water partition coefficient (Wildman–Crippen LogP) is 13.9. The molecule has 0 aliphatic heterocycles. The number of aliphatic hydroxyl groups is 2. The number of carbonyl (C=O) groups excluding carboxylic acids is 1. The van der Waals surface area contributed by atoms with Crippen molar-refractivity contribution in [1.29, 1.82) is 0 Å². The number of unbranched alkanes of at least 4 members (excludes halogenated alkanes) is 22. The summed E-state index contributed by atoms with van der Waals surface area (Å²) in [5.74, 6) is -0.396. The highest BCUT2D eigenvalue weighted by Gasteiger charge is 2.26. The van der Waals surface area contributed by atoms with E-state index >= 15 is 0 Å². The SMILES string of the molecule is CC/C=C\C/C=C\C/C=C\C/C=C\C/C=C\CCCCOCC(COP(=O)(O)OCC(O)CO)OC(=O)CCCCCCCCCCCCCCCCCCCCCCC. The summed E-state index contributed by atoms with van der Waals surface area (Å²) >= 11 is 0. The van der Waals surface area contributed by atoms with E-state index in [-0.39, 0.29) is 13.0 Å². The molecule has 0 aliphatic rings. The first-order valence-electron chi connectivity index (χ1n) is 24.3. The topological polar surface area (TPSA) is 132 Å². The lowest BCUT2D eigenvalue weighted by molar-refractivity contribution is -0.154. The van der Waals surface area contributed by atoms with Gasteiger partial charge in [0.2, 0.25) is 0 Å². The largest absolute Gasteiger partial charge is 0.472 e. The van der Waals surface area contributed by atoms with Crippen LogP contribution >= 0.6 is 7.82 Å². The number of rotatable bonds is 46. The van der Waals surface area contributed by atoms with Crippen LogP contribution in [0.25, 0.3) is 0 Å². The van der Waals surface area contributed by atoms with Crippen molar-refractivity contribution in [2.24, 2.45) is 0 Å². The third-order valence-corrected chi connectivity index (χ3v) is 11.2. The molecule has 9 nitrogen and oxygen atoms in total. The van der Waals surface area contributed by atoms with Crippen LogP contribution in [0.5, 0.6) is 0 Å². The molecule has 0 aromatic rings. The second-order valence-corrected chi connectivity index (χ2v) is 17.6. The molecule has 0 saturated heterocycles. The lowest BCUT2D eigenvalue weighted by Crippen LogP contribution is -2.29. The summed E-state index contributed by atoms with van der Waals surface area (Å²) in [4.78, 5) is 22.7. The van der Waals surface area contributed by atoms with Gasteiger partial charge in [0.15, 0.2) is 0 Å². The minimum atomic E-state index is -4.53. The second kappa shape index (κ2) is 46.7. The van der Waals surface area contributed by atoms with E-state index in [9.17, 15) is 19.4 Å². The van der Waals surface area contributed by atoms with Gasteiger partial charge in [0.1, 0.15) is 12.2 Å². The number of phosphoric ester groups is 1. The van der Waals surface area contributed by atoms with Gasteiger partial charge in [-0.15, -0.1) is 0 Å². The summed E-state index contributed by atoms with van der Waals surface area (Å²) in [7, 11) is -4.53. The molecule has 0 heterocycles. The number of ether oxygens (including phenoxy) is 2. The number of hydrogen-bond donors (Lipinski definition) is 3. The molecule has 0 amide bonds. The zero-order valence-electron chi connectivity index (χ0n) is 38.4. The lowest BCUT2D eigenvalue weighted by atomic mass is 10.0. The molecule has 0 rings (SSSR count). The Morgan fingerprint density at radius 3 is 1.40 bits per heavy atom. The number of aliphatic hydroxyl groups excluding tert-OH is 2. The molecule has 0 aromatic heterocycles. The number of esters is 1. The highest BCUT2D eigenvalue weighted by atomic mass is 31.2. The molecular weight excluding hydrogens is 776 g/mol. The Morgan fingerprint density at radius 2 is 0.950 bits per heavy atom. The summed E-state index contributed by atoms with van der Waals surface area (Å²) in [6, 6.07) is 0. The average molecular weight is 867 g/mol. The quantitative estimate of drug-likeness (QED) is 0.0237. The third-order valence-electron chi connectivity index (χ3n) is 10.2. The molecule has 0 radical (unpaired) electrons. The van der Waals surface area contributed by atoms with Gasteiger partial charge in [-0.1, -0.05) is 203 Å². The maximum atomic E-state index is 12.7. The summed E-state index contributed by atoms with van der Waals surface area (Å²) in [6.45, 7) is 3.32. The zero-order chi connectivity index (χ0) is 43.9. The van der Waals surface area contributed by atoms with Crippen LogP contribution in [0.2, 0.25) is 0 Å². The summed E-state index contributed by atoms with van der Waals surface area (Å²) in [6.07, 6.45) is 54.8. The standard InChI is InChI=1S/C50H91O9P/c1-3-5-7-9-11-13-15-17-19-21-23-24-25-26-28-30-32-34-36-38-40-42-50(53)59-49(47-58-60(54,55)57-45-48(52)44-51)46-56-43-41-39-37-35-33-31-29-27-22-20-18-16-14-12-10-8-6-4-2/h6,8,12,14,18,20,27,29,33,35,48-49,51-52H,3-5,7,9-11,13,15-17,19,21-26,28,30-32,34,36-47H2,1-2H3,(H,54,55)/b8-6-,14-12-,20-18-,29-27-,35-33-. The number of phosphoric acid groups is 1. The smallest absolute Gasteiger partial charge is 0.457 e. The van der Waals surface area contributed by atoms with Gasteiger partial charge >= 0.3 is 13.8 Å². The van der Waals surface area contributed by atoms with Gasteiger partial charge in [0.25, 0.3) is 0 Å². The Hall–Kier alpha value is -1.84. The molecule has 3 N–H and O–H groups in total. The first-order valence-corrected chi connectivity index (χ1v) is 25.8. The normalized spacial score (nSPS) is 14.4. The first-order chi connectivity index (χ1) is 29.3. The maximum absolute atomic E-state index is 12.7. The van der Waals surface area contributed by atoms with E-state index in [1.807, 2.05) is 0 Å². The van der Waals surface area contributed by atoms with Crippen LogP contribution in [0.15, 0.2) is 60.8 Å². The van der Waals surface area contributed by atoms with Crippen LogP contribution in [-0.2, 0) is 27.9 Å². The number of hydrogen-bond acceptors (Lipinski definition) is 8. The number of carbonyl (C=O) groups is 1. The molecule has 350 valence electrons. The van der Waals surface area contributed by atoms with E-state index in [0.717, 1.165) is 70.6 Å². The van der Waals surface area contributed by atoms with Gasteiger partial charge in [-0.25, -0.2) is 4.57 Å². The molecule has 0 aromatic carbocycles. The monoisotopic (exact) mass is 867 g/mol. The molecule has 0 saturated carbocycles. The molecule has 0 fully saturated rings. The highest BCUT2D eigenvalue weighted by molar-refractivity contribution is 7.47. The van der Waals surface area contributed by atoms with Crippen molar-refractivity contribution in [2.45, 2.75) is 219 Å². The van der Waals surface area contributed by atoms with E-state index in [0.29, 0.717) is 6.61 Å². The van der Waals surface area contributed by atoms with E-state index in [4.69, 9.17) is 23.6 Å². The highest BCUT2D eigenvalue weighted by Crippen LogP contribution is 2.43. The number of allylic oxidation sites excluding steroid dienone is 10. The molecule has 60 heavy (non-hydrogen) atoms. The molecule has 0 bridgehead atoms. The Morgan fingerprint density at radius 1 is 0.533 bits per heavy atom. The minimum Gasteiger partial charge on any atom is -0.457 e. The lowest BCUT2D eigenvalue weighted by Gasteiger charge is -2.20. The van der Waals surface area contributed by atoms with E-state index in [2.05, 4.69) is 74.6 Å². The van der Waals surface area contributed by atoms with Crippen molar-refractivity contribution in [2.75, 3.05) is 33.0 Å². The van der Waals surface area contributed by atoms with Crippen LogP contribution in [0.3, 0.4) is 0 Å². The van der Waals surface area contributed by atoms with Gasteiger partial charge in [-0.3, -0.25) is 13.8 Å². The minimum absolute atomic E-state index is 0.0198. The predicted molar refractivity (Wildman–Crippen MR) is 251 cm³/mol. The van der Waals surface area contributed by atoms with Gasteiger partial charge in [0, 0.05) is 13.0 Å². The zero-order valence-corrected chi connectivity index (χ0v) is 39.3. The van der Waals surface area contributed by atoms with E-state index in [1.165, 1.54) is 116 Å². The van der Waals surface area contributed by atoms with Gasteiger partial charge in [-0.2, -0.15) is 0 Å². The average Bonchev–Trinajstić information content (AvgIpc) is 3.24. The van der Waals surface area contributed by atoms with Gasteiger partial charge < -0.3 is 24.6 Å². The Balaban J connectivity index is 4.16. The third kappa shape index (κ3) is 45.7. The Kier molecular flexibility index (Phi) is 45.2. The molecular formula is C50H91O9P. The van der Waals surface area contributed by atoms with Crippen molar-refractivity contribution in [3.63, 3.8) is 0 Å². The van der Waals surface area contributed by atoms with Crippen LogP contribution < -0.4 is 0 Å². The van der Waals surface area contributed by atoms with E-state index < -0.39 is 45.8 Å². The molecule has 3 atom stereocenters. The second-order valence-electron chi connectivity index (χ2n) is 16.1. The Bertz CT molecular complexity index is 1120. The van der Waals surface area contributed by atoms with E-state index in [1.54, 1.807) is 0 Å². The molecule has 0 aliphatic carbocycles.